The molecular formula is C23H21NO. The Balaban J connectivity index is 1.77. The average molecular weight is 327 g/mol. The summed E-state index contributed by atoms with van der Waals surface area (Å²) in [5, 5.41) is 0. The summed E-state index contributed by atoms with van der Waals surface area (Å²) in [6.07, 6.45) is 3.18. The molecule has 0 spiro atoms. The van der Waals surface area contributed by atoms with Gasteiger partial charge >= 0.3 is 0 Å². The summed E-state index contributed by atoms with van der Waals surface area (Å²) in [4.78, 5) is 2.39. The largest absolute Gasteiger partial charge is 0.491 e. The van der Waals surface area contributed by atoms with Gasteiger partial charge in [0.1, 0.15) is 5.75 Å². The molecule has 0 N–H and O–H groups in total. The van der Waals surface area contributed by atoms with Crippen LogP contribution in [-0.4, -0.2) is 6.61 Å². The second-order valence-corrected chi connectivity index (χ2v) is 6.99. The Kier molecular flexibility index (Phi) is 3.30. The minimum Gasteiger partial charge on any atom is -0.491 e. The van der Waals surface area contributed by atoms with Gasteiger partial charge < -0.3 is 9.64 Å². The van der Waals surface area contributed by atoms with E-state index in [9.17, 15) is 0 Å². The van der Waals surface area contributed by atoms with E-state index < -0.39 is 0 Å². The van der Waals surface area contributed by atoms with Crippen molar-refractivity contribution in [2.45, 2.75) is 26.2 Å². The number of hydrogen-bond donors (Lipinski definition) is 0. The topological polar surface area (TPSA) is 12.5 Å². The zero-order chi connectivity index (χ0) is 16.8. The van der Waals surface area contributed by atoms with Crippen LogP contribution in [0.3, 0.4) is 0 Å². The number of hydrogen-bond acceptors (Lipinski definition) is 2. The van der Waals surface area contributed by atoms with E-state index in [0.717, 1.165) is 37.3 Å². The lowest BCUT2D eigenvalue weighted by Crippen LogP contribution is -2.21. The molecule has 3 aromatic carbocycles. The number of nitrogens with zero attached hydrogens (tertiary/aromatic N) is 1. The highest BCUT2D eigenvalue weighted by atomic mass is 16.5. The van der Waals surface area contributed by atoms with Crippen molar-refractivity contribution in [3.05, 3.63) is 82.9 Å². The molecule has 0 fully saturated rings. The van der Waals surface area contributed by atoms with Crippen molar-refractivity contribution in [1.82, 2.24) is 0 Å². The van der Waals surface area contributed by atoms with Gasteiger partial charge in [-0.25, -0.2) is 0 Å². The van der Waals surface area contributed by atoms with Crippen molar-refractivity contribution in [3.8, 4) is 5.75 Å². The number of fused-ring (bicyclic) bond motifs is 3. The summed E-state index contributed by atoms with van der Waals surface area (Å²) in [6.45, 7) is 2.97. The Morgan fingerprint density at radius 3 is 2.56 bits per heavy atom. The standard InChI is InChI=1S/C23H21NO/c1-16-11-12-21-19(14-16)15-18-6-2-3-9-20(18)24(21)22-10-4-7-17-8-5-13-25-23(17)22/h2-4,6-7,9-12,14H,5,8,13,15H2,1H3. The molecule has 5 rings (SSSR count). The Bertz CT molecular complexity index is 960. The maximum atomic E-state index is 6.12. The molecular weight excluding hydrogens is 306 g/mol. The first kappa shape index (κ1) is 14.6. The predicted octanol–water partition coefficient (Wildman–Crippen LogP) is 5.69. The Hall–Kier alpha value is -2.74. The first-order valence-electron chi connectivity index (χ1n) is 9.03. The van der Waals surface area contributed by atoms with Gasteiger partial charge in [0.25, 0.3) is 0 Å². The van der Waals surface area contributed by atoms with Crippen molar-refractivity contribution < 1.29 is 4.74 Å². The van der Waals surface area contributed by atoms with E-state index in [2.05, 4.69) is 72.5 Å². The van der Waals surface area contributed by atoms with Gasteiger partial charge in [0, 0.05) is 17.8 Å². The SMILES string of the molecule is Cc1ccc2c(c1)Cc1ccccc1N2c1cccc2c1OCCC2. The van der Waals surface area contributed by atoms with Crippen molar-refractivity contribution in [1.29, 1.82) is 0 Å². The number of para-hydroxylation sites is 2. The lowest BCUT2D eigenvalue weighted by Gasteiger charge is -2.35. The third-order valence-electron chi connectivity index (χ3n) is 5.24. The van der Waals surface area contributed by atoms with Crippen molar-refractivity contribution in [3.63, 3.8) is 0 Å². The maximum Gasteiger partial charge on any atom is 0.146 e. The Labute approximate surface area is 148 Å². The number of rotatable bonds is 1. The van der Waals surface area contributed by atoms with Gasteiger partial charge in [-0.15, -0.1) is 0 Å². The molecule has 0 atom stereocenters. The minimum atomic E-state index is 0.806. The van der Waals surface area contributed by atoms with Gasteiger partial charge in [0.15, 0.2) is 0 Å². The molecule has 0 aromatic heterocycles. The molecule has 2 heteroatoms. The van der Waals surface area contributed by atoms with Crippen LogP contribution in [0.15, 0.2) is 60.7 Å². The van der Waals surface area contributed by atoms with Crippen LogP contribution in [-0.2, 0) is 12.8 Å². The molecule has 0 radical (unpaired) electrons. The first-order valence-corrected chi connectivity index (χ1v) is 9.03. The van der Waals surface area contributed by atoms with Gasteiger partial charge in [-0.1, -0.05) is 48.0 Å². The van der Waals surface area contributed by atoms with Crippen molar-refractivity contribution in [2.24, 2.45) is 0 Å². The number of aryl methyl sites for hydroxylation is 2. The minimum absolute atomic E-state index is 0.806. The van der Waals surface area contributed by atoms with Gasteiger partial charge in [-0.05, 0) is 54.7 Å². The monoisotopic (exact) mass is 327 g/mol. The average Bonchev–Trinajstić information content (AvgIpc) is 2.65. The lowest BCUT2D eigenvalue weighted by molar-refractivity contribution is 0.289. The molecule has 2 heterocycles. The molecule has 2 aliphatic rings. The van der Waals surface area contributed by atoms with Crippen LogP contribution < -0.4 is 9.64 Å². The van der Waals surface area contributed by atoms with Gasteiger partial charge in [-0.2, -0.15) is 0 Å². The molecule has 0 saturated heterocycles. The van der Waals surface area contributed by atoms with Gasteiger partial charge in [-0.3, -0.25) is 0 Å². The lowest BCUT2D eigenvalue weighted by atomic mass is 9.93. The third-order valence-corrected chi connectivity index (χ3v) is 5.24. The molecule has 0 saturated carbocycles. The van der Waals surface area contributed by atoms with E-state index >= 15 is 0 Å². The molecule has 124 valence electrons. The van der Waals surface area contributed by atoms with E-state index in [1.165, 1.54) is 33.6 Å². The fraction of sp³-hybridized carbons (Fsp3) is 0.217. The van der Waals surface area contributed by atoms with Crippen molar-refractivity contribution in [2.75, 3.05) is 11.5 Å². The second-order valence-electron chi connectivity index (χ2n) is 6.99. The highest BCUT2D eigenvalue weighted by Crippen LogP contribution is 2.48. The number of anilines is 3. The fourth-order valence-electron chi connectivity index (χ4n) is 4.09. The van der Waals surface area contributed by atoms with E-state index in [1.807, 2.05) is 0 Å². The summed E-state index contributed by atoms with van der Waals surface area (Å²) in [6, 6.07) is 22.0. The molecule has 3 aromatic rings. The highest BCUT2D eigenvalue weighted by molar-refractivity contribution is 5.86. The Morgan fingerprint density at radius 2 is 1.60 bits per heavy atom. The highest BCUT2D eigenvalue weighted by Gasteiger charge is 2.27. The van der Waals surface area contributed by atoms with E-state index in [4.69, 9.17) is 4.74 Å². The number of benzene rings is 3. The molecule has 25 heavy (non-hydrogen) atoms. The molecule has 2 nitrogen and oxygen atoms in total. The van der Waals surface area contributed by atoms with Crippen LogP contribution in [0.25, 0.3) is 0 Å². The van der Waals surface area contributed by atoms with E-state index in [-0.39, 0.29) is 0 Å². The maximum absolute atomic E-state index is 6.12. The van der Waals surface area contributed by atoms with Gasteiger partial charge in [0.2, 0.25) is 0 Å². The summed E-state index contributed by atoms with van der Waals surface area (Å²) in [5.74, 6) is 1.05. The molecule has 0 unspecified atom stereocenters. The van der Waals surface area contributed by atoms with Crippen LogP contribution in [0, 0.1) is 6.92 Å². The Morgan fingerprint density at radius 1 is 0.800 bits per heavy atom. The summed E-state index contributed by atoms with van der Waals surface area (Å²) in [7, 11) is 0. The van der Waals surface area contributed by atoms with E-state index in [0.29, 0.717) is 0 Å². The van der Waals surface area contributed by atoms with Gasteiger partial charge in [0.05, 0.1) is 12.3 Å². The second kappa shape index (κ2) is 5.66. The molecule has 0 aliphatic carbocycles. The molecule has 2 aliphatic heterocycles. The zero-order valence-corrected chi connectivity index (χ0v) is 14.5. The summed E-state index contributed by atoms with van der Waals surface area (Å²) < 4.78 is 6.12. The quantitative estimate of drug-likeness (QED) is 0.445. The third kappa shape index (κ3) is 2.32. The molecule has 0 bridgehead atoms. The first-order chi connectivity index (χ1) is 12.3. The van der Waals surface area contributed by atoms with Crippen LogP contribution in [0.2, 0.25) is 0 Å². The summed E-state index contributed by atoms with van der Waals surface area (Å²) >= 11 is 0. The summed E-state index contributed by atoms with van der Waals surface area (Å²) in [5.41, 5.74) is 9.08. The zero-order valence-electron chi connectivity index (χ0n) is 14.5. The van der Waals surface area contributed by atoms with Crippen LogP contribution in [0.4, 0.5) is 17.1 Å². The van der Waals surface area contributed by atoms with Crippen LogP contribution in [0.1, 0.15) is 28.7 Å². The smallest absolute Gasteiger partial charge is 0.146 e. The van der Waals surface area contributed by atoms with Crippen molar-refractivity contribution >= 4 is 17.1 Å². The fourth-order valence-corrected chi connectivity index (χ4v) is 4.09. The van der Waals surface area contributed by atoms with E-state index in [1.54, 1.807) is 0 Å². The molecule has 0 amide bonds. The number of ether oxygens (including phenoxy) is 1. The van der Waals surface area contributed by atoms with Crippen LogP contribution >= 0.6 is 0 Å². The normalized spacial score (nSPS) is 15.0. The van der Waals surface area contributed by atoms with Crippen LogP contribution in [0.5, 0.6) is 5.75 Å². The predicted molar refractivity (Wildman–Crippen MR) is 102 cm³/mol.